The standard InChI is InChI=1S/C12H10N2O5S/c15-14(16)10-7-5-9(6-8-10)13-11-3-1-2-4-12(11)20(17,18)19/h1-8,13H,(H,17,18,19). The van der Waals surface area contributed by atoms with Crippen molar-refractivity contribution in [3.05, 3.63) is 58.6 Å². The van der Waals surface area contributed by atoms with E-state index in [1.165, 1.54) is 42.5 Å². The number of nitrogens with one attached hydrogen (secondary N) is 1. The van der Waals surface area contributed by atoms with Gasteiger partial charge in [0.25, 0.3) is 15.8 Å². The average molecular weight is 294 g/mol. The second kappa shape index (κ2) is 5.27. The molecule has 2 rings (SSSR count). The van der Waals surface area contributed by atoms with E-state index in [0.717, 1.165) is 0 Å². The highest BCUT2D eigenvalue weighted by molar-refractivity contribution is 7.86. The van der Waals surface area contributed by atoms with Crippen molar-refractivity contribution < 1.29 is 17.9 Å². The third kappa shape index (κ3) is 3.11. The number of nitro benzene ring substituents is 1. The first-order valence-electron chi connectivity index (χ1n) is 5.46. The molecule has 0 aliphatic heterocycles. The van der Waals surface area contributed by atoms with E-state index >= 15 is 0 Å². The lowest BCUT2D eigenvalue weighted by molar-refractivity contribution is -0.384. The van der Waals surface area contributed by atoms with E-state index in [1.807, 2.05) is 0 Å². The second-order valence-corrected chi connectivity index (χ2v) is 5.29. The molecule has 2 aromatic rings. The molecule has 20 heavy (non-hydrogen) atoms. The molecule has 7 nitrogen and oxygen atoms in total. The van der Waals surface area contributed by atoms with Gasteiger partial charge in [0.05, 0.1) is 10.6 Å². The van der Waals surface area contributed by atoms with Crippen LogP contribution in [0.3, 0.4) is 0 Å². The van der Waals surface area contributed by atoms with Crippen LogP contribution >= 0.6 is 0 Å². The molecular formula is C12H10N2O5S. The summed E-state index contributed by atoms with van der Waals surface area (Å²) in [6, 6.07) is 11.3. The predicted octanol–water partition coefficient (Wildman–Crippen LogP) is 2.59. The largest absolute Gasteiger partial charge is 0.354 e. The van der Waals surface area contributed by atoms with Crippen molar-refractivity contribution in [1.82, 2.24) is 0 Å². The van der Waals surface area contributed by atoms with E-state index < -0.39 is 15.0 Å². The summed E-state index contributed by atoms with van der Waals surface area (Å²) in [5.41, 5.74) is 0.578. The van der Waals surface area contributed by atoms with Gasteiger partial charge in [-0.3, -0.25) is 14.7 Å². The Labute approximate surface area is 114 Å². The molecule has 0 saturated heterocycles. The zero-order valence-electron chi connectivity index (χ0n) is 10.1. The summed E-state index contributed by atoms with van der Waals surface area (Å²) >= 11 is 0. The van der Waals surface area contributed by atoms with Gasteiger partial charge in [-0.2, -0.15) is 8.42 Å². The van der Waals surface area contributed by atoms with E-state index in [0.29, 0.717) is 5.69 Å². The van der Waals surface area contributed by atoms with E-state index in [1.54, 1.807) is 6.07 Å². The predicted molar refractivity (Wildman–Crippen MR) is 72.6 cm³/mol. The van der Waals surface area contributed by atoms with Gasteiger partial charge in [0.1, 0.15) is 4.90 Å². The van der Waals surface area contributed by atoms with Gasteiger partial charge in [-0.1, -0.05) is 12.1 Å². The third-order valence-electron chi connectivity index (χ3n) is 2.52. The fourth-order valence-electron chi connectivity index (χ4n) is 1.62. The number of rotatable bonds is 4. The Morgan fingerprint density at radius 3 is 2.20 bits per heavy atom. The maximum Gasteiger partial charge on any atom is 0.296 e. The lowest BCUT2D eigenvalue weighted by Gasteiger charge is -2.09. The van der Waals surface area contributed by atoms with Crippen molar-refractivity contribution in [2.45, 2.75) is 4.90 Å². The molecule has 0 aromatic heterocycles. The Morgan fingerprint density at radius 2 is 1.65 bits per heavy atom. The van der Waals surface area contributed by atoms with Crippen LogP contribution in [-0.2, 0) is 10.1 Å². The van der Waals surface area contributed by atoms with Crippen LogP contribution < -0.4 is 5.32 Å². The highest BCUT2D eigenvalue weighted by atomic mass is 32.2. The summed E-state index contributed by atoms with van der Waals surface area (Å²) in [5.74, 6) is 0. The molecule has 8 heteroatoms. The van der Waals surface area contributed by atoms with Gasteiger partial charge in [-0.05, 0) is 24.3 Å². The van der Waals surface area contributed by atoms with Gasteiger partial charge in [0.15, 0.2) is 0 Å². The van der Waals surface area contributed by atoms with Crippen LogP contribution in [0.1, 0.15) is 0 Å². The highest BCUT2D eigenvalue weighted by Gasteiger charge is 2.14. The van der Waals surface area contributed by atoms with Crippen LogP contribution in [0.5, 0.6) is 0 Å². The molecule has 0 aliphatic rings. The minimum absolute atomic E-state index is 0.0707. The number of anilines is 2. The van der Waals surface area contributed by atoms with Crippen molar-refractivity contribution in [3.8, 4) is 0 Å². The zero-order chi connectivity index (χ0) is 14.8. The minimum atomic E-state index is -4.35. The maximum absolute atomic E-state index is 11.2. The number of hydrogen-bond acceptors (Lipinski definition) is 5. The highest BCUT2D eigenvalue weighted by Crippen LogP contribution is 2.25. The molecule has 0 amide bonds. The van der Waals surface area contributed by atoms with Gasteiger partial charge in [-0.25, -0.2) is 0 Å². The number of hydrogen-bond donors (Lipinski definition) is 2. The molecule has 0 saturated carbocycles. The Hall–Kier alpha value is -2.45. The third-order valence-corrected chi connectivity index (χ3v) is 3.43. The van der Waals surface area contributed by atoms with Crippen LogP contribution in [0.4, 0.5) is 17.1 Å². The number of non-ortho nitro benzene ring substituents is 1. The molecule has 0 radical (unpaired) electrons. The molecule has 0 heterocycles. The molecular weight excluding hydrogens is 284 g/mol. The van der Waals surface area contributed by atoms with E-state index in [2.05, 4.69) is 5.32 Å². The number of benzene rings is 2. The number of nitro groups is 1. The van der Waals surface area contributed by atoms with Gasteiger partial charge in [0, 0.05) is 17.8 Å². The molecule has 0 unspecified atom stereocenters. The summed E-state index contributed by atoms with van der Waals surface area (Å²) in [7, 11) is -4.35. The maximum atomic E-state index is 11.2. The van der Waals surface area contributed by atoms with Crippen molar-refractivity contribution in [3.63, 3.8) is 0 Å². The van der Waals surface area contributed by atoms with Crippen molar-refractivity contribution in [1.29, 1.82) is 0 Å². The quantitative estimate of drug-likeness (QED) is 0.509. The van der Waals surface area contributed by atoms with Crippen LogP contribution in [0.25, 0.3) is 0 Å². The molecule has 0 spiro atoms. The van der Waals surface area contributed by atoms with Gasteiger partial charge < -0.3 is 5.32 Å². The molecule has 0 aliphatic carbocycles. The molecule has 0 atom stereocenters. The van der Waals surface area contributed by atoms with Gasteiger partial charge >= 0.3 is 0 Å². The normalized spacial score (nSPS) is 11.1. The molecule has 104 valence electrons. The van der Waals surface area contributed by atoms with Crippen LogP contribution in [0, 0.1) is 10.1 Å². The van der Waals surface area contributed by atoms with E-state index in [4.69, 9.17) is 4.55 Å². The summed E-state index contributed by atoms with van der Waals surface area (Å²) < 4.78 is 31.5. The SMILES string of the molecule is O=[N+]([O-])c1ccc(Nc2ccccc2S(=O)(=O)O)cc1. The monoisotopic (exact) mass is 294 g/mol. The Kier molecular flexibility index (Phi) is 3.68. The summed E-state index contributed by atoms with van der Waals surface area (Å²) in [6.45, 7) is 0. The number of nitrogens with zero attached hydrogens (tertiary/aromatic N) is 1. The topological polar surface area (TPSA) is 110 Å². The first kappa shape index (κ1) is 14.0. The number of para-hydroxylation sites is 1. The molecule has 2 N–H and O–H groups in total. The van der Waals surface area contributed by atoms with E-state index in [-0.39, 0.29) is 16.3 Å². The van der Waals surface area contributed by atoms with Gasteiger partial charge in [0.2, 0.25) is 0 Å². The Bertz CT molecular complexity index is 741. The van der Waals surface area contributed by atoms with Crippen molar-refractivity contribution in [2.24, 2.45) is 0 Å². The lowest BCUT2D eigenvalue weighted by atomic mass is 10.2. The van der Waals surface area contributed by atoms with Crippen molar-refractivity contribution >= 4 is 27.2 Å². The fourth-order valence-corrected chi connectivity index (χ4v) is 2.26. The smallest absolute Gasteiger partial charge is 0.296 e. The first-order valence-corrected chi connectivity index (χ1v) is 6.90. The molecule has 0 bridgehead atoms. The summed E-state index contributed by atoms with van der Waals surface area (Å²) in [5, 5.41) is 13.3. The first-order chi connectivity index (χ1) is 9.38. The van der Waals surface area contributed by atoms with Crippen LogP contribution in [0.2, 0.25) is 0 Å². The molecule has 2 aromatic carbocycles. The lowest BCUT2D eigenvalue weighted by Crippen LogP contribution is -2.03. The average Bonchev–Trinajstić information content (AvgIpc) is 2.38. The zero-order valence-corrected chi connectivity index (χ0v) is 10.9. The van der Waals surface area contributed by atoms with Gasteiger partial charge in [-0.15, -0.1) is 0 Å². The minimum Gasteiger partial charge on any atom is -0.354 e. The van der Waals surface area contributed by atoms with Crippen LogP contribution in [-0.4, -0.2) is 17.9 Å². The second-order valence-electron chi connectivity index (χ2n) is 3.90. The Balaban J connectivity index is 2.33. The van der Waals surface area contributed by atoms with Crippen LogP contribution in [0.15, 0.2) is 53.4 Å². The van der Waals surface area contributed by atoms with Crippen molar-refractivity contribution in [2.75, 3.05) is 5.32 Å². The summed E-state index contributed by atoms with van der Waals surface area (Å²) in [4.78, 5) is 9.73. The Morgan fingerprint density at radius 1 is 1.05 bits per heavy atom. The fraction of sp³-hybridized carbons (Fsp3) is 0. The molecule has 0 fully saturated rings. The van der Waals surface area contributed by atoms with E-state index in [9.17, 15) is 18.5 Å². The summed E-state index contributed by atoms with van der Waals surface area (Å²) in [6.07, 6.45) is 0.